The largest absolute Gasteiger partial charge is 0.506 e. The van der Waals surface area contributed by atoms with Gasteiger partial charge in [-0.15, -0.1) is 0 Å². The maximum atomic E-state index is 12.8. The molecule has 3 N–H and O–H groups in total. The van der Waals surface area contributed by atoms with Crippen molar-refractivity contribution in [3.05, 3.63) is 52.0 Å². The second-order valence-corrected chi connectivity index (χ2v) is 7.95. The quantitative estimate of drug-likeness (QED) is 0.704. The molecule has 0 aromatic heterocycles. The lowest BCUT2D eigenvalue weighted by atomic mass is 9.90. The third kappa shape index (κ3) is 3.57. The van der Waals surface area contributed by atoms with Gasteiger partial charge < -0.3 is 10.2 Å². The van der Waals surface area contributed by atoms with Crippen molar-refractivity contribution in [3.8, 4) is 5.75 Å². The molecule has 2 aromatic carbocycles. The summed E-state index contributed by atoms with van der Waals surface area (Å²) in [6, 6.07) is 6.70. The molecule has 0 fully saturated rings. The molecule has 0 amide bonds. The Morgan fingerprint density at radius 1 is 1.12 bits per heavy atom. The molecule has 1 aliphatic carbocycles. The number of fused-ring (bicyclic) bond motifs is 1. The molecule has 0 heterocycles. The number of halogens is 1. The number of carboxylic acids is 1. The topological polar surface area (TPSA) is 104 Å². The average Bonchev–Trinajstić information content (AvgIpc) is 2.56. The summed E-state index contributed by atoms with van der Waals surface area (Å²) in [6.45, 7) is 0. The number of aromatic hydroxyl groups is 1. The Kier molecular flexibility index (Phi) is 4.62. The highest BCUT2D eigenvalue weighted by molar-refractivity contribution is 7.92. The summed E-state index contributed by atoms with van der Waals surface area (Å²) in [7, 11) is -3.99. The summed E-state index contributed by atoms with van der Waals surface area (Å²) in [5.41, 5.74) is 1.56. The van der Waals surface area contributed by atoms with E-state index in [0.717, 1.165) is 18.4 Å². The molecule has 8 heteroatoms. The van der Waals surface area contributed by atoms with Gasteiger partial charge in [0.15, 0.2) is 0 Å². The zero-order valence-electron chi connectivity index (χ0n) is 13.1. The van der Waals surface area contributed by atoms with Crippen molar-refractivity contribution in [2.45, 2.75) is 30.6 Å². The van der Waals surface area contributed by atoms with Gasteiger partial charge in [-0.1, -0.05) is 11.6 Å². The molecule has 0 saturated heterocycles. The van der Waals surface area contributed by atoms with Gasteiger partial charge in [0.05, 0.1) is 21.2 Å². The van der Waals surface area contributed by atoms with E-state index in [1.807, 2.05) is 0 Å². The first-order valence-corrected chi connectivity index (χ1v) is 9.54. The number of hydrogen-bond acceptors (Lipinski definition) is 4. The van der Waals surface area contributed by atoms with Gasteiger partial charge >= 0.3 is 5.97 Å². The maximum absolute atomic E-state index is 12.8. The predicted molar refractivity (Wildman–Crippen MR) is 94.0 cm³/mol. The summed E-state index contributed by atoms with van der Waals surface area (Å²) in [6.07, 6.45) is 3.00. The minimum absolute atomic E-state index is 0.0153. The molecule has 6 nitrogen and oxygen atoms in total. The number of nitrogens with one attached hydrogen (secondary N) is 1. The van der Waals surface area contributed by atoms with Gasteiger partial charge in [0, 0.05) is 0 Å². The van der Waals surface area contributed by atoms with Crippen LogP contribution in [0.4, 0.5) is 5.69 Å². The average molecular weight is 382 g/mol. The first-order valence-electron chi connectivity index (χ1n) is 7.68. The number of rotatable bonds is 4. The van der Waals surface area contributed by atoms with E-state index >= 15 is 0 Å². The van der Waals surface area contributed by atoms with E-state index in [9.17, 15) is 23.4 Å². The van der Waals surface area contributed by atoms with E-state index in [2.05, 4.69) is 4.72 Å². The Balaban J connectivity index is 2.08. The Bertz CT molecular complexity index is 956. The number of anilines is 1. The van der Waals surface area contributed by atoms with Crippen LogP contribution < -0.4 is 4.72 Å². The highest BCUT2D eigenvalue weighted by Gasteiger charge is 2.25. The van der Waals surface area contributed by atoms with Crippen molar-refractivity contribution >= 4 is 33.3 Å². The summed E-state index contributed by atoms with van der Waals surface area (Å²) in [4.78, 5) is 11.3. The summed E-state index contributed by atoms with van der Waals surface area (Å²) in [5.74, 6) is -1.33. The lowest BCUT2D eigenvalue weighted by Gasteiger charge is -2.21. The van der Waals surface area contributed by atoms with Gasteiger partial charge in [-0.25, -0.2) is 13.2 Å². The lowest BCUT2D eigenvalue weighted by Crippen LogP contribution is -2.19. The normalized spacial score (nSPS) is 14.0. The van der Waals surface area contributed by atoms with Crippen LogP contribution in [0.2, 0.25) is 5.02 Å². The third-order valence-electron chi connectivity index (χ3n) is 4.16. The fraction of sp³-hybridized carbons (Fsp3) is 0.235. The van der Waals surface area contributed by atoms with Gasteiger partial charge in [-0.05, 0) is 67.1 Å². The number of carboxylic acid groups (broad SMARTS) is 1. The maximum Gasteiger partial charge on any atom is 0.335 e. The molecule has 0 aliphatic heterocycles. The molecule has 1 aliphatic rings. The van der Waals surface area contributed by atoms with Crippen LogP contribution in [0, 0.1) is 0 Å². The summed E-state index contributed by atoms with van der Waals surface area (Å²) >= 11 is 5.81. The molecule has 0 unspecified atom stereocenters. The Hall–Kier alpha value is -2.25. The zero-order chi connectivity index (χ0) is 18.2. The standard InChI is InChI=1S/C17H16ClNO5S/c18-14-9-12(5-6-15(14)20)19-25(23,24)16-8-11(17(21)22)7-10-3-1-2-4-13(10)16/h5-9,19-20H,1-4H2,(H,21,22). The van der Waals surface area contributed by atoms with Crippen molar-refractivity contribution in [3.63, 3.8) is 0 Å². The fourth-order valence-corrected chi connectivity index (χ4v) is 4.54. The Morgan fingerprint density at radius 3 is 2.52 bits per heavy atom. The number of phenols is 1. The van der Waals surface area contributed by atoms with Crippen LogP contribution in [0.3, 0.4) is 0 Å². The molecular formula is C17H16ClNO5S. The molecule has 0 radical (unpaired) electrons. The number of aryl methyl sites for hydroxylation is 1. The van der Waals surface area contributed by atoms with Gasteiger partial charge in [-0.2, -0.15) is 0 Å². The molecule has 3 rings (SSSR count). The zero-order valence-corrected chi connectivity index (χ0v) is 14.7. The van der Waals surface area contributed by atoms with Crippen LogP contribution >= 0.6 is 11.6 Å². The monoisotopic (exact) mass is 381 g/mol. The highest BCUT2D eigenvalue weighted by Crippen LogP contribution is 2.32. The third-order valence-corrected chi connectivity index (χ3v) is 5.91. The first kappa shape index (κ1) is 17.6. The number of sulfonamides is 1. The van der Waals surface area contributed by atoms with Crippen molar-refractivity contribution in [1.82, 2.24) is 0 Å². The van der Waals surface area contributed by atoms with Gasteiger partial charge in [-0.3, -0.25) is 4.72 Å². The predicted octanol–water partition coefficient (Wildman–Crippen LogP) is 3.42. The van der Waals surface area contributed by atoms with Crippen LogP contribution in [-0.4, -0.2) is 24.6 Å². The number of carbonyl (C=O) groups is 1. The van der Waals surface area contributed by atoms with E-state index in [4.69, 9.17) is 11.6 Å². The molecule has 0 saturated carbocycles. The smallest absolute Gasteiger partial charge is 0.335 e. The van der Waals surface area contributed by atoms with Crippen LogP contribution in [0.15, 0.2) is 35.2 Å². The van der Waals surface area contributed by atoms with Crippen molar-refractivity contribution in [2.75, 3.05) is 4.72 Å². The van der Waals surface area contributed by atoms with Crippen molar-refractivity contribution in [2.24, 2.45) is 0 Å². The van der Waals surface area contributed by atoms with E-state index < -0.39 is 16.0 Å². The van der Waals surface area contributed by atoms with Gasteiger partial charge in [0.2, 0.25) is 0 Å². The molecule has 0 atom stereocenters. The van der Waals surface area contributed by atoms with Crippen molar-refractivity contribution in [1.29, 1.82) is 0 Å². The highest BCUT2D eigenvalue weighted by atomic mass is 35.5. The minimum Gasteiger partial charge on any atom is -0.506 e. The second kappa shape index (κ2) is 6.57. The molecule has 2 aromatic rings. The number of phenolic OH excluding ortho intramolecular Hbond substituents is 1. The molecule has 25 heavy (non-hydrogen) atoms. The van der Waals surface area contributed by atoms with E-state index in [-0.39, 0.29) is 26.9 Å². The van der Waals surface area contributed by atoms with Gasteiger partial charge in [0.25, 0.3) is 10.0 Å². The van der Waals surface area contributed by atoms with Crippen LogP contribution in [0.25, 0.3) is 0 Å². The lowest BCUT2D eigenvalue weighted by molar-refractivity contribution is 0.0696. The van der Waals surface area contributed by atoms with Crippen LogP contribution in [0.5, 0.6) is 5.75 Å². The fourth-order valence-electron chi connectivity index (χ4n) is 2.97. The number of hydrogen-bond donors (Lipinski definition) is 3. The molecule has 132 valence electrons. The van der Waals surface area contributed by atoms with Crippen LogP contribution in [0.1, 0.15) is 34.3 Å². The molecule has 0 spiro atoms. The molecular weight excluding hydrogens is 366 g/mol. The Labute approximate surface area is 150 Å². The minimum atomic E-state index is -3.99. The second-order valence-electron chi connectivity index (χ2n) is 5.90. The SMILES string of the molecule is O=C(O)c1cc2c(c(S(=O)(=O)Nc3ccc(O)c(Cl)c3)c1)CCCC2. The summed E-state index contributed by atoms with van der Waals surface area (Å²) in [5, 5.41) is 18.7. The first-order chi connectivity index (χ1) is 11.8. The van der Waals surface area contributed by atoms with E-state index in [1.165, 1.54) is 24.3 Å². The Morgan fingerprint density at radius 2 is 1.84 bits per heavy atom. The number of benzene rings is 2. The van der Waals surface area contributed by atoms with E-state index in [1.54, 1.807) is 6.07 Å². The van der Waals surface area contributed by atoms with Crippen molar-refractivity contribution < 1.29 is 23.4 Å². The van der Waals surface area contributed by atoms with Gasteiger partial charge in [0.1, 0.15) is 5.75 Å². The summed E-state index contributed by atoms with van der Waals surface area (Å²) < 4.78 is 28.1. The van der Waals surface area contributed by atoms with E-state index in [0.29, 0.717) is 18.4 Å². The molecule has 0 bridgehead atoms. The number of aromatic carboxylic acids is 1. The van der Waals surface area contributed by atoms with Crippen LogP contribution in [-0.2, 0) is 22.9 Å².